The Morgan fingerprint density at radius 3 is 2.80 bits per heavy atom. The summed E-state index contributed by atoms with van der Waals surface area (Å²) >= 11 is 0. The van der Waals surface area contributed by atoms with E-state index in [0.717, 1.165) is 24.4 Å². The smallest absolute Gasteiger partial charge is 0.277 e. The van der Waals surface area contributed by atoms with Crippen LogP contribution in [-0.4, -0.2) is 26.6 Å². The van der Waals surface area contributed by atoms with E-state index in [2.05, 4.69) is 5.10 Å². The number of aromatic nitrogens is 2. The van der Waals surface area contributed by atoms with Gasteiger partial charge in [0.25, 0.3) is 5.91 Å². The number of carbonyl (C=O) groups is 1. The van der Waals surface area contributed by atoms with Gasteiger partial charge in [-0.25, -0.2) is 0 Å². The van der Waals surface area contributed by atoms with E-state index in [1.54, 1.807) is 22.8 Å². The molecule has 1 saturated carbocycles. The zero-order valence-corrected chi connectivity index (χ0v) is 11.7. The Morgan fingerprint density at radius 2 is 2.30 bits per heavy atom. The standard InChI is InChI=1S/C14H18N4O2/c1-9-3-6-11(20-9)7-18(10-4-5-10)14(19)13-12(15)8-17(2)16-13/h3,6,8,10H,4-5,7,15H2,1-2H3. The van der Waals surface area contributed by atoms with Crippen LogP contribution < -0.4 is 5.73 Å². The summed E-state index contributed by atoms with van der Waals surface area (Å²) in [6, 6.07) is 4.08. The van der Waals surface area contributed by atoms with Crippen molar-refractivity contribution in [3.63, 3.8) is 0 Å². The molecule has 0 atom stereocenters. The molecule has 6 heteroatoms. The van der Waals surface area contributed by atoms with Crippen LogP contribution in [0, 0.1) is 6.92 Å². The third-order valence-corrected chi connectivity index (χ3v) is 3.43. The summed E-state index contributed by atoms with van der Waals surface area (Å²) in [5.74, 6) is 1.51. The maximum atomic E-state index is 12.6. The molecule has 0 aliphatic heterocycles. The Balaban J connectivity index is 1.83. The molecule has 0 spiro atoms. The van der Waals surface area contributed by atoms with Crippen molar-refractivity contribution in [2.75, 3.05) is 5.73 Å². The maximum Gasteiger partial charge on any atom is 0.277 e. The van der Waals surface area contributed by atoms with Crippen LogP contribution in [0.3, 0.4) is 0 Å². The first-order chi connectivity index (χ1) is 9.54. The largest absolute Gasteiger partial charge is 0.464 e. The summed E-state index contributed by atoms with van der Waals surface area (Å²) in [5.41, 5.74) is 6.58. The number of aryl methyl sites for hydroxylation is 2. The molecule has 2 N–H and O–H groups in total. The highest BCUT2D eigenvalue weighted by atomic mass is 16.3. The molecule has 1 aliphatic rings. The van der Waals surface area contributed by atoms with Crippen LogP contribution in [0.2, 0.25) is 0 Å². The number of rotatable bonds is 4. The minimum absolute atomic E-state index is 0.125. The SMILES string of the molecule is Cc1ccc(CN(C(=O)c2nn(C)cc2N)C2CC2)o1. The van der Waals surface area contributed by atoms with Gasteiger partial charge in [0.15, 0.2) is 5.69 Å². The molecule has 0 radical (unpaired) electrons. The Labute approximate surface area is 117 Å². The lowest BCUT2D eigenvalue weighted by Gasteiger charge is -2.20. The van der Waals surface area contributed by atoms with Gasteiger partial charge in [-0.05, 0) is 31.9 Å². The molecular weight excluding hydrogens is 256 g/mol. The van der Waals surface area contributed by atoms with Crippen LogP contribution in [0.25, 0.3) is 0 Å². The molecule has 1 fully saturated rings. The van der Waals surface area contributed by atoms with Crippen LogP contribution >= 0.6 is 0 Å². The normalized spacial score (nSPS) is 14.5. The van der Waals surface area contributed by atoms with Crippen molar-refractivity contribution in [3.05, 3.63) is 35.5 Å². The zero-order chi connectivity index (χ0) is 14.3. The number of anilines is 1. The molecule has 1 amide bonds. The summed E-state index contributed by atoms with van der Waals surface area (Å²) in [5, 5.41) is 4.16. The van der Waals surface area contributed by atoms with E-state index in [1.165, 1.54) is 0 Å². The molecule has 6 nitrogen and oxygen atoms in total. The van der Waals surface area contributed by atoms with Gasteiger partial charge >= 0.3 is 0 Å². The van der Waals surface area contributed by atoms with E-state index in [-0.39, 0.29) is 11.9 Å². The molecule has 2 aromatic rings. The van der Waals surface area contributed by atoms with E-state index in [4.69, 9.17) is 10.2 Å². The lowest BCUT2D eigenvalue weighted by molar-refractivity contribution is 0.0711. The van der Waals surface area contributed by atoms with Gasteiger partial charge in [0.1, 0.15) is 11.5 Å². The quantitative estimate of drug-likeness (QED) is 0.920. The molecule has 20 heavy (non-hydrogen) atoms. The second-order valence-corrected chi connectivity index (χ2v) is 5.28. The monoisotopic (exact) mass is 274 g/mol. The molecule has 2 heterocycles. The maximum absolute atomic E-state index is 12.6. The first-order valence-corrected chi connectivity index (χ1v) is 6.70. The number of furan rings is 1. The van der Waals surface area contributed by atoms with Gasteiger partial charge in [-0.1, -0.05) is 0 Å². The molecule has 0 unspecified atom stereocenters. The number of nitrogen functional groups attached to an aromatic ring is 1. The van der Waals surface area contributed by atoms with Gasteiger partial charge in [0.2, 0.25) is 0 Å². The minimum atomic E-state index is -0.125. The number of carbonyl (C=O) groups excluding carboxylic acids is 1. The molecule has 0 aromatic carbocycles. The molecule has 0 saturated heterocycles. The Morgan fingerprint density at radius 1 is 1.55 bits per heavy atom. The highest BCUT2D eigenvalue weighted by Gasteiger charge is 2.35. The first-order valence-electron chi connectivity index (χ1n) is 6.70. The van der Waals surface area contributed by atoms with Crippen molar-refractivity contribution in [1.29, 1.82) is 0 Å². The average Bonchev–Trinajstić information content (AvgIpc) is 3.07. The minimum Gasteiger partial charge on any atom is -0.464 e. The lowest BCUT2D eigenvalue weighted by atomic mass is 10.3. The molecule has 0 bridgehead atoms. The van der Waals surface area contributed by atoms with E-state index in [0.29, 0.717) is 17.9 Å². The predicted molar refractivity (Wildman–Crippen MR) is 74.0 cm³/mol. The lowest BCUT2D eigenvalue weighted by Crippen LogP contribution is -2.33. The fourth-order valence-electron chi connectivity index (χ4n) is 2.30. The fourth-order valence-corrected chi connectivity index (χ4v) is 2.30. The average molecular weight is 274 g/mol. The van der Waals surface area contributed by atoms with Crippen LogP contribution in [0.4, 0.5) is 5.69 Å². The van der Waals surface area contributed by atoms with Crippen LogP contribution in [0.15, 0.2) is 22.7 Å². The van der Waals surface area contributed by atoms with E-state index in [9.17, 15) is 4.79 Å². The fraction of sp³-hybridized carbons (Fsp3) is 0.429. The molecular formula is C14H18N4O2. The highest BCUT2D eigenvalue weighted by Crippen LogP contribution is 2.30. The Kier molecular flexibility index (Phi) is 3.00. The number of nitrogens with two attached hydrogens (primary N) is 1. The Bertz CT molecular complexity index is 639. The Hall–Kier alpha value is -2.24. The van der Waals surface area contributed by atoms with Gasteiger partial charge in [-0.3, -0.25) is 9.48 Å². The topological polar surface area (TPSA) is 77.3 Å². The number of amides is 1. The summed E-state index contributed by atoms with van der Waals surface area (Å²) in [7, 11) is 1.75. The summed E-state index contributed by atoms with van der Waals surface area (Å²) in [4.78, 5) is 14.4. The zero-order valence-electron chi connectivity index (χ0n) is 11.7. The van der Waals surface area contributed by atoms with Crippen molar-refractivity contribution in [2.45, 2.75) is 32.4 Å². The van der Waals surface area contributed by atoms with Crippen molar-refractivity contribution >= 4 is 11.6 Å². The van der Waals surface area contributed by atoms with Gasteiger partial charge in [0.05, 0.1) is 12.2 Å². The van der Waals surface area contributed by atoms with Crippen molar-refractivity contribution in [3.8, 4) is 0 Å². The van der Waals surface area contributed by atoms with Gasteiger partial charge in [0, 0.05) is 19.3 Å². The number of hydrogen-bond acceptors (Lipinski definition) is 4. The van der Waals surface area contributed by atoms with Gasteiger partial charge < -0.3 is 15.1 Å². The van der Waals surface area contributed by atoms with Crippen molar-refractivity contribution < 1.29 is 9.21 Å². The first kappa shape index (κ1) is 12.8. The van der Waals surface area contributed by atoms with E-state index >= 15 is 0 Å². The van der Waals surface area contributed by atoms with E-state index in [1.807, 2.05) is 19.1 Å². The van der Waals surface area contributed by atoms with Crippen molar-refractivity contribution in [1.82, 2.24) is 14.7 Å². The summed E-state index contributed by atoms with van der Waals surface area (Å²) in [6.07, 6.45) is 3.70. The number of nitrogens with zero attached hydrogens (tertiary/aromatic N) is 3. The molecule has 106 valence electrons. The molecule has 1 aliphatic carbocycles. The van der Waals surface area contributed by atoms with Crippen LogP contribution in [0.5, 0.6) is 0 Å². The number of hydrogen-bond donors (Lipinski definition) is 1. The predicted octanol–water partition coefficient (Wildman–Crippen LogP) is 1.71. The third-order valence-electron chi connectivity index (χ3n) is 3.43. The summed E-state index contributed by atoms with van der Waals surface area (Å²) < 4.78 is 7.12. The third kappa shape index (κ3) is 2.41. The molecule has 2 aromatic heterocycles. The van der Waals surface area contributed by atoms with Gasteiger partial charge in [-0.15, -0.1) is 0 Å². The second-order valence-electron chi connectivity index (χ2n) is 5.28. The van der Waals surface area contributed by atoms with E-state index < -0.39 is 0 Å². The van der Waals surface area contributed by atoms with Crippen LogP contribution in [0.1, 0.15) is 34.9 Å². The second kappa shape index (κ2) is 4.70. The van der Waals surface area contributed by atoms with Crippen molar-refractivity contribution in [2.24, 2.45) is 7.05 Å². The highest BCUT2D eigenvalue weighted by molar-refractivity contribution is 5.97. The summed E-state index contributed by atoms with van der Waals surface area (Å²) in [6.45, 7) is 2.36. The van der Waals surface area contributed by atoms with Gasteiger partial charge in [-0.2, -0.15) is 5.10 Å². The van der Waals surface area contributed by atoms with Crippen LogP contribution in [-0.2, 0) is 13.6 Å². The molecule has 3 rings (SSSR count).